The third-order valence-electron chi connectivity index (χ3n) is 14.9. The first-order valence-corrected chi connectivity index (χ1v) is 34.9. The van der Waals surface area contributed by atoms with Crippen molar-refractivity contribution in [3.05, 3.63) is 170 Å². The molecule has 0 N–H and O–H groups in total. The SMILES string of the molecule is CC1=Cc2c(ccc(C)c2-c2cc(C(C)C)cc(C(C)C)c2)[CH]1[Zr]([Cl])([Cl])([c]1cccc2c1[SiH2]c1ccccc1-2)[CH]1C(C)=Cc2c1ccc(C)c2-c1cc(C(C)C)cc(C(C)C)c1. The maximum atomic E-state index is 9.26. The van der Waals surface area contributed by atoms with Gasteiger partial charge in [0.2, 0.25) is 0 Å². The van der Waals surface area contributed by atoms with Crippen molar-refractivity contribution in [3.63, 3.8) is 0 Å². The van der Waals surface area contributed by atoms with Gasteiger partial charge in [-0.15, -0.1) is 0 Å². The van der Waals surface area contributed by atoms with Crippen LogP contribution in [0.2, 0.25) is 0 Å². The van der Waals surface area contributed by atoms with Crippen LogP contribution in [0.15, 0.2) is 114 Å². The molecule has 62 heavy (non-hydrogen) atoms. The summed E-state index contributed by atoms with van der Waals surface area (Å²) in [4.78, 5) is 0. The second-order valence-electron chi connectivity index (χ2n) is 20.4. The van der Waals surface area contributed by atoms with Crippen molar-refractivity contribution < 1.29 is 16.4 Å². The molecule has 6 aromatic carbocycles. The minimum absolute atomic E-state index is 0.114. The zero-order chi connectivity index (χ0) is 44.2. The van der Waals surface area contributed by atoms with Crippen molar-refractivity contribution in [2.45, 2.75) is 114 Å². The molecular formula is C58H63Cl2SiZr. The van der Waals surface area contributed by atoms with Gasteiger partial charge in [-0.05, 0) is 0 Å². The first kappa shape index (κ1) is 43.7. The molecule has 0 saturated carbocycles. The van der Waals surface area contributed by atoms with Gasteiger partial charge in [0.25, 0.3) is 0 Å². The van der Waals surface area contributed by atoms with Gasteiger partial charge in [-0.1, -0.05) is 0 Å². The Morgan fingerprint density at radius 3 is 1.34 bits per heavy atom. The Bertz CT molecular complexity index is 2690. The summed E-state index contributed by atoms with van der Waals surface area (Å²) in [5.41, 5.74) is 23.9. The van der Waals surface area contributed by atoms with Crippen LogP contribution in [-0.2, 0) is 16.4 Å². The summed E-state index contributed by atoms with van der Waals surface area (Å²) in [5.74, 6) is 1.71. The molecule has 317 valence electrons. The number of hydrogen-bond donors (Lipinski definition) is 0. The molecule has 1 heterocycles. The number of hydrogen-bond acceptors (Lipinski definition) is 0. The summed E-state index contributed by atoms with van der Waals surface area (Å²) in [6.07, 6.45) is 4.96. The summed E-state index contributed by atoms with van der Waals surface area (Å²) in [7, 11) is 17.7. The zero-order valence-electron chi connectivity index (χ0n) is 38.9. The predicted molar refractivity (Wildman–Crippen MR) is 273 cm³/mol. The van der Waals surface area contributed by atoms with E-state index in [1.165, 1.54) is 114 Å². The van der Waals surface area contributed by atoms with Gasteiger partial charge < -0.3 is 0 Å². The van der Waals surface area contributed by atoms with Crippen LogP contribution in [0.5, 0.6) is 0 Å². The summed E-state index contributed by atoms with van der Waals surface area (Å²) in [6, 6.07) is 40.2. The normalized spacial score (nSPS) is 17.7. The van der Waals surface area contributed by atoms with E-state index in [0.29, 0.717) is 23.7 Å². The van der Waals surface area contributed by atoms with Crippen LogP contribution in [0.4, 0.5) is 0 Å². The molecule has 0 fully saturated rings. The summed E-state index contributed by atoms with van der Waals surface area (Å²) < 4.78 is 1.05. The van der Waals surface area contributed by atoms with Gasteiger partial charge in [0.05, 0.1) is 0 Å². The van der Waals surface area contributed by atoms with Crippen LogP contribution in [0.25, 0.3) is 45.5 Å². The fraction of sp³-hybridized carbons (Fsp3) is 0.310. The van der Waals surface area contributed by atoms with Gasteiger partial charge in [0.15, 0.2) is 0 Å². The summed E-state index contributed by atoms with van der Waals surface area (Å²) >= 11 is -5.59. The molecule has 4 heteroatoms. The Morgan fingerprint density at radius 1 is 0.484 bits per heavy atom. The number of rotatable bonds is 9. The monoisotopic (exact) mass is 947 g/mol. The van der Waals surface area contributed by atoms with Gasteiger partial charge in [0.1, 0.15) is 0 Å². The van der Waals surface area contributed by atoms with E-state index in [-0.39, 0.29) is 7.25 Å². The van der Waals surface area contributed by atoms with Crippen molar-refractivity contribution in [1.29, 1.82) is 0 Å². The van der Waals surface area contributed by atoms with Gasteiger partial charge in [-0.2, -0.15) is 0 Å². The van der Waals surface area contributed by atoms with Crippen LogP contribution in [-0.4, -0.2) is 9.52 Å². The van der Waals surface area contributed by atoms with Gasteiger partial charge >= 0.3 is 386 Å². The molecular weight excluding hydrogens is 887 g/mol. The van der Waals surface area contributed by atoms with Crippen molar-refractivity contribution in [1.82, 2.24) is 0 Å². The Labute approximate surface area is 383 Å². The molecule has 3 aliphatic rings. The van der Waals surface area contributed by atoms with E-state index in [1.807, 2.05) is 0 Å². The van der Waals surface area contributed by atoms with E-state index in [4.69, 9.17) is 0 Å². The number of benzene rings is 6. The Hall–Kier alpha value is -3.52. The first-order chi connectivity index (χ1) is 29.4. The van der Waals surface area contributed by atoms with E-state index >= 15 is 0 Å². The van der Waals surface area contributed by atoms with Gasteiger partial charge in [-0.3, -0.25) is 0 Å². The summed E-state index contributed by atoms with van der Waals surface area (Å²) in [5, 5.41) is 2.95. The van der Waals surface area contributed by atoms with E-state index in [0.717, 1.165) is 0 Å². The molecule has 0 spiro atoms. The summed E-state index contributed by atoms with van der Waals surface area (Å²) in [6.45, 7) is 27.7. The Morgan fingerprint density at radius 2 is 0.903 bits per heavy atom. The number of fused-ring (bicyclic) bond motifs is 5. The van der Waals surface area contributed by atoms with Crippen molar-refractivity contribution in [2.75, 3.05) is 0 Å². The molecule has 1 aliphatic heterocycles. The molecule has 0 amide bonds. The van der Waals surface area contributed by atoms with Crippen LogP contribution < -0.4 is 13.6 Å². The topological polar surface area (TPSA) is 0 Å². The first-order valence-electron chi connectivity index (χ1n) is 23.1. The molecule has 0 aromatic heterocycles. The quantitative estimate of drug-likeness (QED) is 0.127. The standard InChI is InChI=1S/2C23H27.C12H9Si.2ClH.Zr/c2*1-14(2)19-11-20(15(3)4)13-21(12-19)23-17(6)7-8-18-9-16(5)10-22(18)23;1-3-7-11-9(5-1)10-6-2-4-8-12(10)13-11;;;/h2*7-15H,1-6H3;1-7H,13H2;2*1H;/q;;;;;+2/p-2. The van der Waals surface area contributed by atoms with Crippen LogP contribution in [0, 0.1) is 13.8 Å². The van der Waals surface area contributed by atoms with E-state index in [2.05, 4.69) is 198 Å². The molecule has 9 rings (SSSR count). The molecule has 0 saturated heterocycles. The van der Waals surface area contributed by atoms with Crippen LogP contribution in [0.1, 0.15) is 156 Å². The maximum absolute atomic E-state index is 9.26. The average molecular weight is 950 g/mol. The molecule has 2 aliphatic carbocycles. The molecule has 2 atom stereocenters. The third kappa shape index (κ3) is 6.84. The van der Waals surface area contributed by atoms with E-state index in [9.17, 15) is 17.0 Å². The van der Waals surface area contributed by atoms with Crippen molar-refractivity contribution >= 4 is 52.3 Å². The van der Waals surface area contributed by atoms with Crippen molar-refractivity contribution in [2.24, 2.45) is 0 Å². The fourth-order valence-corrected chi connectivity index (χ4v) is 40.4. The molecule has 0 bridgehead atoms. The Balaban J connectivity index is 1.33. The fourth-order valence-electron chi connectivity index (χ4n) is 11.6. The zero-order valence-corrected chi connectivity index (χ0v) is 44.3. The number of halogens is 2. The predicted octanol–water partition coefficient (Wildman–Crippen LogP) is 15.2. The van der Waals surface area contributed by atoms with Gasteiger partial charge in [0, 0.05) is 0 Å². The third-order valence-corrected chi connectivity index (χ3v) is 38.1. The number of allylic oxidation sites excluding steroid dienone is 2. The van der Waals surface area contributed by atoms with E-state index in [1.54, 1.807) is 0 Å². The van der Waals surface area contributed by atoms with Crippen molar-refractivity contribution in [3.8, 4) is 33.4 Å². The molecule has 6 aromatic rings. The van der Waals surface area contributed by atoms with Gasteiger partial charge in [-0.25, -0.2) is 0 Å². The van der Waals surface area contributed by atoms with Crippen LogP contribution >= 0.6 is 17.0 Å². The van der Waals surface area contributed by atoms with E-state index < -0.39 is 25.9 Å². The Kier molecular flexibility index (Phi) is 11.2. The second-order valence-corrected chi connectivity index (χ2v) is 42.8. The molecule has 0 radical (unpaired) electrons. The average Bonchev–Trinajstić information content (AvgIpc) is 3.90. The molecule has 2 unspecified atom stereocenters. The molecule has 0 nitrogen and oxygen atoms in total. The van der Waals surface area contributed by atoms with Crippen LogP contribution in [0.3, 0.4) is 0 Å². The number of aryl methyl sites for hydroxylation is 2. The second kappa shape index (κ2) is 15.9. The minimum atomic E-state index is -5.59.